The van der Waals surface area contributed by atoms with E-state index >= 15 is 0 Å². The lowest BCUT2D eigenvalue weighted by atomic mass is 10.2. The molecule has 2 aromatic carbocycles. The Morgan fingerprint density at radius 1 is 1.00 bits per heavy atom. The summed E-state index contributed by atoms with van der Waals surface area (Å²) < 4.78 is 5.59. The Labute approximate surface area is 130 Å². The summed E-state index contributed by atoms with van der Waals surface area (Å²) in [6, 6.07) is 9.97. The first-order valence-electron chi connectivity index (χ1n) is 6.00. The van der Waals surface area contributed by atoms with Gasteiger partial charge in [-0.15, -0.1) is 0 Å². The molecule has 0 bridgehead atoms. The van der Waals surface area contributed by atoms with Crippen LogP contribution in [0, 0.1) is 0 Å². The predicted octanol–water partition coefficient (Wildman–Crippen LogP) is 4.54. The second-order valence-electron chi connectivity index (χ2n) is 4.25. The molecule has 0 amide bonds. The normalized spacial score (nSPS) is 10.6. The lowest BCUT2D eigenvalue weighted by Gasteiger charge is -2.06. The molecule has 1 aromatic heterocycles. The summed E-state index contributed by atoms with van der Waals surface area (Å²) in [6.07, 6.45) is 2.27. The highest BCUT2D eigenvalue weighted by Gasteiger charge is 2.06. The molecule has 21 heavy (non-hydrogen) atoms. The minimum Gasteiger partial charge on any atom is -0.437 e. The molecule has 3 aromatic rings. The summed E-state index contributed by atoms with van der Waals surface area (Å²) in [6.45, 7) is 0. The third-order valence-corrected chi connectivity index (χ3v) is 3.52. The van der Waals surface area contributed by atoms with Crippen molar-refractivity contribution in [3.63, 3.8) is 0 Å². The van der Waals surface area contributed by atoms with Crippen LogP contribution in [0.1, 0.15) is 10.4 Å². The number of rotatable bonds is 3. The predicted molar refractivity (Wildman–Crippen MR) is 81.5 cm³/mol. The SMILES string of the molecule is O=Cc1ccc(Oc2cnc3cc(Cl)c(Cl)cc3n2)cc1. The van der Waals surface area contributed by atoms with Crippen LogP contribution in [0.3, 0.4) is 0 Å². The number of fused-ring (bicyclic) bond motifs is 1. The first kappa shape index (κ1) is 13.8. The molecule has 104 valence electrons. The second-order valence-corrected chi connectivity index (χ2v) is 5.07. The van der Waals surface area contributed by atoms with Gasteiger partial charge in [0.05, 0.1) is 27.3 Å². The van der Waals surface area contributed by atoms with Gasteiger partial charge in [-0.1, -0.05) is 23.2 Å². The van der Waals surface area contributed by atoms with Crippen molar-refractivity contribution in [2.75, 3.05) is 0 Å². The number of aldehydes is 1. The molecule has 0 radical (unpaired) electrons. The van der Waals surface area contributed by atoms with Crippen molar-refractivity contribution < 1.29 is 9.53 Å². The molecule has 0 aliphatic rings. The molecular formula is C15H8Cl2N2O2. The number of hydrogen-bond acceptors (Lipinski definition) is 4. The maximum atomic E-state index is 10.6. The zero-order valence-electron chi connectivity index (χ0n) is 10.6. The largest absolute Gasteiger partial charge is 0.437 e. The quantitative estimate of drug-likeness (QED) is 0.665. The van der Waals surface area contributed by atoms with Gasteiger partial charge in [0.1, 0.15) is 12.0 Å². The van der Waals surface area contributed by atoms with Crippen molar-refractivity contribution in [2.45, 2.75) is 0 Å². The first-order valence-corrected chi connectivity index (χ1v) is 6.76. The molecule has 6 heteroatoms. The van der Waals surface area contributed by atoms with Gasteiger partial charge in [-0.2, -0.15) is 0 Å². The van der Waals surface area contributed by atoms with Gasteiger partial charge in [0, 0.05) is 5.56 Å². The minimum absolute atomic E-state index is 0.333. The van der Waals surface area contributed by atoms with Crippen LogP contribution in [-0.2, 0) is 0 Å². The Morgan fingerprint density at radius 3 is 2.33 bits per heavy atom. The van der Waals surface area contributed by atoms with Gasteiger partial charge in [-0.3, -0.25) is 4.79 Å². The third-order valence-electron chi connectivity index (χ3n) is 2.80. The monoisotopic (exact) mass is 318 g/mol. The number of hydrogen-bond donors (Lipinski definition) is 0. The molecule has 0 atom stereocenters. The van der Waals surface area contributed by atoms with E-state index in [1.165, 1.54) is 6.20 Å². The highest BCUT2D eigenvalue weighted by atomic mass is 35.5. The van der Waals surface area contributed by atoms with Crippen molar-refractivity contribution in [3.8, 4) is 11.6 Å². The maximum Gasteiger partial charge on any atom is 0.238 e. The zero-order chi connectivity index (χ0) is 14.8. The molecule has 4 nitrogen and oxygen atoms in total. The van der Waals surface area contributed by atoms with Crippen LogP contribution in [0.2, 0.25) is 10.0 Å². The van der Waals surface area contributed by atoms with Crippen molar-refractivity contribution in [1.82, 2.24) is 9.97 Å². The Balaban J connectivity index is 1.93. The summed E-state index contributed by atoms with van der Waals surface area (Å²) >= 11 is 11.9. The number of nitrogens with zero attached hydrogens (tertiary/aromatic N) is 2. The highest BCUT2D eigenvalue weighted by molar-refractivity contribution is 6.42. The molecule has 3 rings (SSSR count). The van der Waals surface area contributed by atoms with E-state index in [0.717, 1.165) is 6.29 Å². The first-order chi connectivity index (χ1) is 10.2. The Morgan fingerprint density at radius 2 is 1.67 bits per heavy atom. The van der Waals surface area contributed by atoms with Crippen LogP contribution in [0.4, 0.5) is 0 Å². The molecule has 0 fully saturated rings. The summed E-state index contributed by atoms with van der Waals surface area (Å²) in [7, 11) is 0. The van der Waals surface area contributed by atoms with Gasteiger partial charge in [0.2, 0.25) is 5.88 Å². The number of benzene rings is 2. The summed E-state index contributed by atoms with van der Waals surface area (Å²) in [4.78, 5) is 19.1. The average molecular weight is 319 g/mol. The summed E-state index contributed by atoms with van der Waals surface area (Å²) in [5, 5.41) is 0.836. The molecule has 0 N–H and O–H groups in total. The highest BCUT2D eigenvalue weighted by Crippen LogP contribution is 2.27. The van der Waals surface area contributed by atoms with Crippen molar-refractivity contribution in [2.24, 2.45) is 0 Å². The van der Waals surface area contributed by atoms with E-state index in [9.17, 15) is 4.79 Å². The lowest BCUT2D eigenvalue weighted by molar-refractivity contribution is 0.112. The van der Waals surface area contributed by atoms with Gasteiger partial charge in [0.15, 0.2) is 0 Å². The van der Waals surface area contributed by atoms with Crippen LogP contribution in [0.25, 0.3) is 11.0 Å². The topological polar surface area (TPSA) is 52.1 Å². The Bertz CT molecular complexity index is 820. The van der Waals surface area contributed by atoms with Crippen LogP contribution < -0.4 is 4.74 Å². The molecular weight excluding hydrogens is 311 g/mol. The van der Waals surface area contributed by atoms with Crippen molar-refractivity contribution in [3.05, 3.63) is 58.2 Å². The third kappa shape index (κ3) is 2.96. The van der Waals surface area contributed by atoms with Crippen LogP contribution >= 0.6 is 23.2 Å². The van der Waals surface area contributed by atoms with E-state index in [-0.39, 0.29) is 0 Å². The standard InChI is InChI=1S/C15H8Cl2N2O2/c16-11-5-13-14(6-12(11)17)19-15(7-18-13)21-10-3-1-9(8-20)2-4-10/h1-8H. The summed E-state index contributed by atoms with van der Waals surface area (Å²) in [5.41, 5.74) is 1.80. The maximum absolute atomic E-state index is 10.6. The van der Waals surface area contributed by atoms with Crippen molar-refractivity contribution >= 4 is 40.5 Å². The van der Waals surface area contributed by atoms with Crippen molar-refractivity contribution in [1.29, 1.82) is 0 Å². The molecule has 0 spiro atoms. The van der Waals surface area contributed by atoms with E-state index in [4.69, 9.17) is 27.9 Å². The van der Waals surface area contributed by atoms with E-state index in [0.29, 0.717) is 38.3 Å². The average Bonchev–Trinajstić information content (AvgIpc) is 2.49. The molecule has 0 unspecified atom stereocenters. The second kappa shape index (κ2) is 5.68. The van der Waals surface area contributed by atoms with Crippen LogP contribution in [0.15, 0.2) is 42.6 Å². The van der Waals surface area contributed by atoms with Gasteiger partial charge < -0.3 is 4.74 Å². The molecule has 0 saturated carbocycles. The summed E-state index contributed by atoms with van der Waals surface area (Å²) in [5.74, 6) is 0.897. The van der Waals surface area contributed by atoms with Gasteiger partial charge in [0.25, 0.3) is 0 Å². The van der Waals surface area contributed by atoms with E-state index < -0.39 is 0 Å². The van der Waals surface area contributed by atoms with Gasteiger partial charge >= 0.3 is 0 Å². The lowest BCUT2D eigenvalue weighted by Crippen LogP contribution is -1.91. The molecule has 1 heterocycles. The number of carbonyl (C=O) groups excluding carboxylic acids is 1. The van der Waals surface area contributed by atoms with E-state index in [1.54, 1.807) is 36.4 Å². The number of aromatic nitrogens is 2. The van der Waals surface area contributed by atoms with Gasteiger partial charge in [-0.05, 0) is 36.4 Å². The fourth-order valence-electron chi connectivity index (χ4n) is 1.78. The number of ether oxygens (including phenoxy) is 1. The number of halogens is 2. The fraction of sp³-hybridized carbons (Fsp3) is 0. The van der Waals surface area contributed by atoms with E-state index in [1.807, 2.05) is 0 Å². The fourth-order valence-corrected chi connectivity index (χ4v) is 2.09. The van der Waals surface area contributed by atoms with Crippen LogP contribution in [-0.4, -0.2) is 16.3 Å². The molecule has 0 aliphatic carbocycles. The zero-order valence-corrected chi connectivity index (χ0v) is 12.1. The minimum atomic E-state index is 0.333. The van der Waals surface area contributed by atoms with E-state index in [2.05, 4.69) is 9.97 Å². The molecule has 0 aliphatic heterocycles. The van der Waals surface area contributed by atoms with Crippen LogP contribution in [0.5, 0.6) is 11.6 Å². The van der Waals surface area contributed by atoms with Gasteiger partial charge in [-0.25, -0.2) is 9.97 Å². The molecule has 0 saturated heterocycles. The number of carbonyl (C=O) groups is 1. The Hall–Kier alpha value is -2.17. The Kier molecular flexibility index (Phi) is 3.73. The smallest absolute Gasteiger partial charge is 0.238 e.